The van der Waals surface area contributed by atoms with E-state index in [0.29, 0.717) is 6.04 Å². The lowest BCUT2D eigenvalue weighted by molar-refractivity contribution is 0.219. The minimum atomic E-state index is -0.127. The molecular weight excluding hydrogens is 228 g/mol. The number of anilines is 1. The van der Waals surface area contributed by atoms with E-state index in [9.17, 15) is 4.79 Å². The van der Waals surface area contributed by atoms with E-state index >= 15 is 0 Å². The van der Waals surface area contributed by atoms with Gasteiger partial charge in [-0.05, 0) is 25.2 Å². The molecule has 0 unspecified atom stereocenters. The van der Waals surface area contributed by atoms with Crippen LogP contribution in [-0.2, 0) is 13.5 Å². The number of nitrogens with zero attached hydrogens (tertiary/aromatic N) is 2. The molecule has 1 aliphatic rings. The molecule has 0 bridgehead atoms. The largest absolute Gasteiger partial charge is 0.335 e. The number of aryl methyl sites for hydroxylation is 2. The molecular formula is C13H22N4O. The molecule has 1 fully saturated rings. The Hall–Kier alpha value is -1.52. The first-order valence-electron chi connectivity index (χ1n) is 6.69. The van der Waals surface area contributed by atoms with Crippen molar-refractivity contribution in [2.75, 3.05) is 5.32 Å². The molecule has 0 aliphatic heterocycles. The van der Waals surface area contributed by atoms with Crippen LogP contribution in [0.2, 0.25) is 0 Å². The van der Waals surface area contributed by atoms with Crippen molar-refractivity contribution in [1.82, 2.24) is 15.1 Å². The summed E-state index contributed by atoms with van der Waals surface area (Å²) in [6.45, 7) is 4.32. The molecule has 0 saturated heterocycles. The fourth-order valence-electron chi connectivity index (χ4n) is 2.38. The highest BCUT2D eigenvalue weighted by Crippen LogP contribution is 2.26. The maximum atomic E-state index is 11.8. The van der Waals surface area contributed by atoms with Gasteiger partial charge in [-0.15, -0.1) is 0 Å². The summed E-state index contributed by atoms with van der Waals surface area (Å²) in [5, 5.41) is 10.2. The van der Waals surface area contributed by atoms with Gasteiger partial charge in [0.2, 0.25) is 0 Å². The molecule has 1 aromatic heterocycles. The Kier molecular flexibility index (Phi) is 3.89. The zero-order valence-corrected chi connectivity index (χ0v) is 11.4. The normalized spacial score (nSPS) is 22.4. The summed E-state index contributed by atoms with van der Waals surface area (Å²) in [4.78, 5) is 11.8. The van der Waals surface area contributed by atoms with Gasteiger partial charge in [-0.1, -0.05) is 20.3 Å². The van der Waals surface area contributed by atoms with E-state index in [-0.39, 0.29) is 6.03 Å². The van der Waals surface area contributed by atoms with E-state index in [1.807, 2.05) is 13.1 Å². The topological polar surface area (TPSA) is 59.0 Å². The van der Waals surface area contributed by atoms with Gasteiger partial charge in [-0.2, -0.15) is 5.10 Å². The number of carbonyl (C=O) groups excluding carboxylic acids is 1. The average Bonchev–Trinajstić information content (AvgIpc) is 2.57. The standard InChI is InChI=1S/C13H22N4O/c1-4-5-10-8-12(17(3)16-10)15-13(18)14-11-6-9(2)7-11/h8-9,11H,4-7H2,1-3H3,(H2,14,15,18). The number of rotatable bonds is 4. The molecule has 2 amide bonds. The Morgan fingerprint density at radius 2 is 2.28 bits per heavy atom. The number of amides is 2. The lowest BCUT2D eigenvalue weighted by Crippen LogP contribution is -2.45. The van der Waals surface area contributed by atoms with Crippen LogP contribution in [0.3, 0.4) is 0 Å². The molecule has 0 atom stereocenters. The smallest absolute Gasteiger partial charge is 0.320 e. The Labute approximate surface area is 108 Å². The van der Waals surface area contributed by atoms with Gasteiger partial charge in [0.25, 0.3) is 0 Å². The van der Waals surface area contributed by atoms with Crippen LogP contribution in [0.15, 0.2) is 6.07 Å². The first-order chi connectivity index (χ1) is 8.58. The second-order valence-electron chi connectivity index (χ2n) is 5.27. The van der Waals surface area contributed by atoms with Gasteiger partial charge in [-0.25, -0.2) is 4.79 Å². The quantitative estimate of drug-likeness (QED) is 0.861. The zero-order chi connectivity index (χ0) is 13.1. The SMILES string of the molecule is CCCc1cc(NC(=O)NC2CC(C)C2)n(C)n1. The molecule has 0 radical (unpaired) electrons. The van der Waals surface area contributed by atoms with Gasteiger partial charge >= 0.3 is 6.03 Å². The van der Waals surface area contributed by atoms with Gasteiger partial charge in [-0.3, -0.25) is 10.00 Å². The Morgan fingerprint density at radius 1 is 1.56 bits per heavy atom. The summed E-state index contributed by atoms with van der Waals surface area (Å²) in [5.74, 6) is 1.49. The van der Waals surface area contributed by atoms with Crippen LogP contribution in [0.25, 0.3) is 0 Å². The number of urea groups is 1. The highest BCUT2D eigenvalue weighted by molar-refractivity contribution is 5.88. The monoisotopic (exact) mass is 250 g/mol. The van der Waals surface area contributed by atoms with Crippen LogP contribution in [0.1, 0.15) is 38.8 Å². The van der Waals surface area contributed by atoms with Crippen molar-refractivity contribution in [2.24, 2.45) is 13.0 Å². The van der Waals surface area contributed by atoms with Crippen molar-refractivity contribution in [3.05, 3.63) is 11.8 Å². The molecule has 1 aliphatic carbocycles. The zero-order valence-electron chi connectivity index (χ0n) is 11.4. The second kappa shape index (κ2) is 5.42. The van der Waals surface area contributed by atoms with Crippen LogP contribution >= 0.6 is 0 Å². The summed E-state index contributed by atoms with van der Waals surface area (Å²) in [7, 11) is 1.85. The third kappa shape index (κ3) is 3.03. The molecule has 2 N–H and O–H groups in total. The van der Waals surface area contributed by atoms with Crippen LogP contribution in [-0.4, -0.2) is 21.9 Å². The van der Waals surface area contributed by atoms with E-state index < -0.39 is 0 Å². The molecule has 1 aromatic rings. The molecule has 100 valence electrons. The number of hydrogen-bond donors (Lipinski definition) is 2. The Morgan fingerprint density at radius 3 is 2.89 bits per heavy atom. The minimum Gasteiger partial charge on any atom is -0.335 e. The van der Waals surface area contributed by atoms with Gasteiger partial charge in [0.05, 0.1) is 5.69 Å². The van der Waals surface area contributed by atoms with E-state index in [0.717, 1.165) is 43.1 Å². The molecule has 2 rings (SSSR count). The van der Waals surface area contributed by atoms with Crippen molar-refractivity contribution in [3.8, 4) is 0 Å². The molecule has 1 heterocycles. The fraction of sp³-hybridized carbons (Fsp3) is 0.692. The summed E-state index contributed by atoms with van der Waals surface area (Å²) in [6, 6.07) is 2.15. The van der Waals surface area contributed by atoms with Gasteiger partial charge in [0, 0.05) is 19.2 Å². The third-order valence-corrected chi connectivity index (χ3v) is 3.39. The fourth-order valence-corrected chi connectivity index (χ4v) is 2.38. The number of carbonyl (C=O) groups is 1. The molecule has 5 nitrogen and oxygen atoms in total. The van der Waals surface area contributed by atoms with Crippen LogP contribution in [0, 0.1) is 5.92 Å². The second-order valence-corrected chi connectivity index (χ2v) is 5.27. The van der Waals surface area contributed by atoms with Crippen LogP contribution in [0.5, 0.6) is 0 Å². The minimum absolute atomic E-state index is 0.127. The summed E-state index contributed by atoms with van der Waals surface area (Å²) < 4.78 is 1.72. The number of hydrogen-bond acceptors (Lipinski definition) is 2. The Balaban J connectivity index is 1.86. The summed E-state index contributed by atoms with van der Waals surface area (Å²) >= 11 is 0. The predicted molar refractivity (Wildman–Crippen MR) is 71.5 cm³/mol. The van der Waals surface area contributed by atoms with Crippen molar-refractivity contribution in [2.45, 2.75) is 45.6 Å². The van der Waals surface area contributed by atoms with Gasteiger partial charge in [0.1, 0.15) is 5.82 Å². The van der Waals surface area contributed by atoms with E-state index in [2.05, 4.69) is 29.6 Å². The third-order valence-electron chi connectivity index (χ3n) is 3.39. The molecule has 0 aromatic carbocycles. The van der Waals surface area contributed by atoms with Crippen LogP contribution < -0.4 is 10.6 Å². The first kappa shape index (κ1) is 12.9. The maximum absolute atomic E-state index is 11.8. The average molecular weight is 250 g/mol. The first-order valence-corrected chi connectivity index (χ1v) is 6.69. The van der Waals surface area contributed by atoms with E-state index in [4.69, 9.17) is 0 Å². The van der Waals surface area contributed by atoms with Crippen LogP contribution in [0.4, 0.5) is 10.6 Å². The highest BCUT2D eigenvalue weighted by Gasteiger charge is 2.26. The molecule has 1 saturated carbocycles. The van der Waals surface area contributed by atoms with Crippen molar-refractivity contribution >= 4 is 11.8 Å². The van der Waals surface area contributed by atoms with Crippen molar-refractivity contribution < 1.29 is 4.79 Å². The molecule has 0 spiro atoms. The molecule has 18 heavy (non-hydrogen) atoms. The van der Waals surface area contributed by atoms with E-state index in [1.54, 1.807) is 4.68 Å². The lowest BCUT2D eigenvalue weighted by atomic mass is 9.82. The van der Waals surface area contributed by atoms with Crippen molar-refractivity contribution in [1.29, 1.82) is 0 Å². The van der Waals surface area contributed by atoms with Gasteiger partial charge < -0.3 is 5.32 Å². The lowest BCUT2D eigenvalue weighted by Gasteiger charge is -2.33. The summed E-state index contributed by atoms with van der Waals surface area (Å²) in [6.07, 6.45) is 4.17. The van der Waals surface area contributed by atoms with Crippen molar-refractivity contribution in [3.63, 3.8) is 0 Å². The Bertz CT molecular complexity index is 421. The maximum Gasteiger partial charge on any atom is 0.320 e. The van der Waals surface area contributed by atoms with Gasteiger partial charge in [0.15, 0.2) is 0 Å². The number of aromatic nitrogens is 2. The predicted octanol–water partition coefficient (Wildman–Crippen LogP) is 2.29. The highest BCUT2D eigenvalue weighted by atomic mass is 16.2. The van der Waals surface area contributed by atoms with E-state index in [1.165, 1.54) is 0 Å². The molecule has 5 heteroatoms. The summed E-state index contributed by atoms with van der Waals surface area (Å²) in [5.41, 5.74) is 1.02. The number of nitrogens with one attached hydrogen (secondary N) is 2.